The summed E-state index contributed by atoms with van der Waals surface area (Å²) >= 11 is 3.33. The van der Waals surface area contributed by atoms with Crippen molar-refractivity contribution in [3.8, 4) is 0 Å². The molecule has 1 unspecified atom stereocenters. The molecule has 1 aromatic carbocycles. The summed E-state index contributed by atoms with van der Waals surface area (Å²) < 4.78 is 14.9. The molecule has 21 heavy (non-hydrogen) atoms. The molecule has 120 valence electrons. The predicted octanol–water partition coefficient (Wildman–Crippen LogP) is 5.72. The highest BCUT2D eigenvalue weighted by molar-refractivity contribution is 9.10. The fourth-order valence-corrected chi connectivity index (χ4v) is 3.28. The van der Waals surface area contributed by atoms with Crippen molar-refractivity contribution in [3.05, 3.63) is 34.1 Å². The number of hydrogen-bond acceptors (Lipinski definition) is 1. The lowest BCUT2D eigenvalue weighted by Crippen LogP contribution is -2.38. The summed E-state index contributed by atoms with van der Waals surface area (Å²) in [6.45, 7) is 7.66. The Kier molecular flexibility index (Phi) is 9.18. The minimum atomic E-state index is -0.0978. The molecule has 0 saturated heterocycles. The molecule has 0 bridgehead atoms. The van der Waals surface area contributed by atoms with Crippen LogP contribution >= 0.6 is 15.9 Å². The maximum atomic E-state index is 14.1. The SMILES string of the molecule is CCCNC(Cc1ccc(Br)cc1F)C(CCC)CCC. The molecule has 1 N–H and O–H groups in total. The molecular formula is C18H29BrFN. The first-order valence-electron chi connectivity index (χ1n) is 8.29. The van der Waals surface area contributed by atoms with E-state index in [2.05, 4.69) is 42.0 Å². The lowest BCUT2D eigenvalue weighted by Gasteiger charge is -2.28. The number of hydrogen-bond donors (Lipinski definition) is 1. The Morgan fingerprint density at radius 3 is 2.29 bits per heavy atom. The summed E-state index contributed by atoms with van der Waals surface area (Å²) in [5.74, 6) is 0.536. The van der Waals surface area contributed by atoms with Gasteiger partial charge in [-0.2, -0.15) is 0 Å². The Labute approximate surface area is 137 Å². The highest BCUT2D eigenvalue weighted by atomic mass is 79.9. The van der Waals surface area contributed by atoms with Crippen LogP contribution in [0.25, 0.3) is 0 Å². The first kappa shape index (κ1) is 18.6. The molecule has 1 atom stereocenters. The largest absolute Gasteiger partial charge is 0.313 e. The van der Waals surface area contributed by atoms with Gasteiger partial charge in [0.05, 0.1) is 0 Å². The van der Waals surface area contributed by atoms with E-state index in [1.165, 1.54) is 25.7 Å². The van der Waals surface area contributed by atoms with Gasteiger partial charge in [-0.15, -0.1) is 0 Å². The second kappa shape index (κ2) is 10.3. The molecule has 0 spiro atoms. The number of benzene rings is 1. The van der Waals surface area contributed by atoms with E-state index in [0.29, 0.717) is 12.0 Å². The van der Waals surface area contributed by atoms with E-state index in [0.717, 1.165) is 29.4 Å². The van der Waals surface area contributed by atoms with Gasteiger partial charge in [-0.3, -0.25) is 0 Å². The average Bonchev–Trinajstić information content (AvgIpc) is 2.45. The third-order valence-electron chi connectivity index (χ3n) is 4.00. The Balaban J connectivity index is 2.84. The van der Waals surface area contributed by atoms with E-state index >= 15 is 0 Å². The normalized spacial score (nSPS) is 12.9. The number of halogens is 2. The van der Waals surface area contributed by atoms with Crippen LogP contribution in [0.15, 0.2) is 22.7 Å². The number of rotatable bonds is 10. The summed E-state index contributed by atoms with van der Waals surface area (Å²) in [5, 5.41) is 3.65. The molecule has 0 aromatic heterocycles. The van der Waals surface area contributed by atoms with Crippen LogP contribution in [0.2, 0.25) is 0 Å². The average molecular weight is 358 g/mol. The fraction of sp³-hybridized carbons (Fsp3) is 0.667. The van der Waals surface area contributed by atoms with E-state index in [1.54, 1.807) is 6.07 Å². The van der Waals surface area contributed by atoms with Gasteiger partial charge in [-0.05, 0) is 55.8 Å². The quantitative estimate of drug-likeness (QED) is 0.564. The molecule has 3 heteroatoms. The van der Waals surface area contributed by atoms with Crippen LogP contribution in [-0.4, -0.2) is 12.6 Å². The van der Waals surface area contributed by atoms with Crippen LogP contribution < -0.4 is 5.32 Å². The molecule has 0 aliphatic carbocycles. The monoisotopic (exact) mass is 357 g/mol. The minimum Gasteiger partial charge on any atom is -0.313 e. The second-order valence-electron chi connectivity index (χ2n) is 5.84. The molecular weight excluding hydrogens is 329 g/mol. The van der Waals surface area contributed by atoms with Crippen molar-refractivity contribution in [3.63, 3.8) is 0 Å². The van der Waals surface area contributed by atoms with E-state index in [-0.39, 0.29) is 5.82 Å². The van der Waals surface area contributed by atoms with Crippen molar-refractivity contribution in [2.75, 3.05) is 6.54 Å². The highest BCUT2D eigenvalue weighted by Gasteiger charge is 2.21. The highest BCUT2D eigenvalue weighted by Crippen LogP contribution is 2.23. The van der Waals surface area contributed by atoms with Gasteiger partial charge < -0.3 is 5.32 Å². The van der Waals surface area contributed by atoms with Crippen molar-refractivity contribution in [2.24, 2.45) is 5.92 Å². The van der Waals surface area contributed by atoms with Gasteiger partial charge in [0.25, 0.3) is 0 Å². The molecule has 0 aliphatic rings. The van der Waals surface area contributed by atoms with Crippen molar-refractivity contribution in [2.45, 2.75) is 65.3 Å². The van der Waals surface area contributed by atoms with Crippen LogP contribution in [0, 0.1) is 11.7 Å². The molecule has 0 aliphatic heterocycles. The Morgan fingerprint density at radius 1 is 1.10 bits per heavy atom. The lowest BCUT2D eigenvalue weighted by molar-refractivity contribution is 0.306. The first-order valence-corrected chi connectivity index (χ1v) is 9.08. The lowest BCUT2D eigenvalue weighted by atomic mass is 9.86. The van der Waals surface area contributed by atoms with Gasteiger partial charge in [0.2, 0.25) is 0 Å². The smallest absolute Gasteiger partial charge is 0.127 e. The van der Waals surface area contributed by atoms with Crippen molar-refractivity contribution in [1.29, 1.82) is 0 Å². The molecule has 1 rings (SSSR count). The molecule has 0 radical (unpaired) electrons. The van der Waals surface area contributed by atoms with Crippen LogP contribution in [0.3, 0.4) is 0 Å². The standard InChI is InChI=1S/C18H29BrFN/c1-4-7-14(8-5-2)18(21-11-6-3)12-15-9-10-16(19)13-17(15)20/h9-10,13-14,18,21H,4-8,11-12H2,1-3H3. The summed E-state index contributed by atoms with van der Waals surface area (Å²) in [6, 6.07) is 5.79. The fourth-order valence-electron chi connectivity index (χ4n) is 2.95. The topological polar surface area (TPSA) is 12.0 Å². The maximum Gasteiger partial charge on any atom is 0.127 e. The summed E-state index contributed by atoms with van der Waals surface area (Å²) in [5.41, 5.74) is 0.823. The Morgan fingerprint density at radius 2 is 1.76 bits per heavy atom. The predicted molar refractivity (Wildman–Crippen MR) is 93.2 cm³/mol. The van der Waals surface area contributed by atoms with Gasteiger partial charge >= 0.3 is 0 Å². The van der Waals surface area contributed by atoms with E-state index in [1.807, 2.05) is 12.1 Å². The molecule has 0 heterocycles. The van der Waals surface area contributed by atoms with Crippen LogP contribution in [0.1, 0.15) is 58.4 Å². The van der Waals surface area contributed by atoms with Gasteiger partial charge in [0, 0.05) is 10.5 Å². The molecule has 0 amide bonds. The van der Waals surface area contributed by atoms with Gasteiger partial charge in [0.15, 0.2) is 0 Å². The minimum absolute atomic E-state index is 0.0978. The summed E-state index contributed by atoms with van der Waals surface area (Å²) in [4.78, 5) is 0. The third-order valence-corrected chi connectivity index (χ3v) is 4.49. The van der Waals surface area contributed by atoms with E-state index < -0.39 is 0 Å². The molecule has 1 nitrogen and oxygen atoms in total. The summed E-state index contributed by atoms with van der Waals surface area (Å²) in [6.07, 6.45) is 6.71. The zero-order valence-electron chi connectivity index (χ0n) is 13.6. The van der Waals surface area contributed by atoms with Crippen LogP contribution in [-0.2, 0) is 6.42 Å². The van der Waals surface area contributed by atoms with Gasteiger partial charge in [-0.25, -0.2) is 4.39 Å². The molecule has 0 fully saturated rings. The van der Waals surface area contributed by atoms with E-state index in [4.69, 9.17) is 0 Å². The molecule has 0 saturated carbocycles. The van der Waals surface area contributed by atoms with E-state index in [9.17, 15) is 4.39 Å². The second-order valence-corrected chi connectivity index (χ2v) is 6.75. The van der Waals surface area contributed by atoms with Crippen molar-refractivity contribution >= 4 is 15.9 Å². The van der Waals surface area contributed by atoms with Crippen LogP contribution in [0.4, 0.5) is 4.39 Å². The number of nitrogens with one attached hydrogen (secondary N) is 1. The van der Waals surface area contributed by atoms with Crippen LogP contribution in [0.5, 0.6) is 0 Å². The Bertz CT molecular complexity index is 402. The van der Waals surface area contributed by atoms with Crippen molar-refractivity contribution < 1.29 is 4.39 Å². The van der Waals surface area contributed by atoms with Gasteiger partial charge in [0.1, 0.15) is 5.82 Å². The molecule has 1 aromatic rings. The van der Waals surface area contributed by atoms with Gasteiger partial charge in [-0.1, -0.05) is 55.6 Å². The third kappa shape index (κ3) is 6.48. The summed E-state index contributed by atoms with van der Waals surface area (Å²) in [7, 11) is 0. The Hall–Kier alpha value is -0.410. The maximum absolute atomic E-state index is 14.1. The zero-order chi connectivity index (χ0) is 15.7. The zero-order valence-corrected chi connectivity index (χ0v) is 15.2. The first-order chi connectivity index (χ1) is 10.1. The van der Waals surface area contributed by atoms with Crippen molar-refractivity contribution in [1.82, 2.24) is 5.32 Å².